The lowest BCUT2D eigenvalue weighted by Gasteiger charge is -2.31. The van der Waals surface area contributed by atoms with Gasteiger partial charge in [-0.15, -0.1) is 23.7 Å². The molecule has 2 rings (SSSR count). The van der Waals surface area contributed by atoms with Crippen LogP contribution in [0.1, 0.15) is 25.1 Å². The van der Waals surface area contributed by atoms with Crippen molar-refractivity contribution in [2.75, 3.05) is 5.32 Å². The van der Waals surface area contributed by atoms with Crippen molar-refractivity contribution in [2.45, 2.75) is 32.2 Å². The molecular formula is C9H14ClNS. The molecule has 0 bridgehead atoms. The summed E-state index contributed by atoms with van der Waals surface area (Å²) in [6, 6.07) is 2.18. The molecule has 1 aliphatic heterocycles. The molecule has 2 heterocycles. The van der Waals surface area contributed by atoms with Crippen molar-refractivity contribution in [3.05, 3.63) is 16.3 Å². The van der Waals surface area contributed by atoms with Crippen molar-refractivity contribution in [3.63, 3.8) is 0 Å². The third-order valence-corrected chi connectivity index (χ3v) is 3.18. The second-order valence-corrected chi connectivity index (χ2v) is 4.77. The number of anilines is 1. The maximum Gasteiger partial charge on any atom is 0.0485 e. The highest BCUT2D eigenvalue weighted by molar-refractivity contribution is 7.10. The molecule has 12 heavy (non-hydrogen) atoms. The lowest BCUT2D eigenvalue weighted by atomic mass is 9.94. The Labute approximate surface area is 83.6 Å². The second kappa shape index (κ2) is 3.27. The minimum atomic E-state index is 0. The van der Waals surface area contributed by atoms with E-state index in [9.17, 15) is 0 Å². The minimum Gasteiger partial charge on any atom is -0.379 e. The van der Waals surface area contributed by atoms with Gasteiger partial charge in [0.05, 0.1) is 0 Å². The van der Waals surface area contributed by atoms with E-state index < -0.39 is 0 Å². The number of halogens is 1. The summed E-state index contributed by atoms with van der Waals surface area (Å²) in [5, 5.41) is 5.69. The van der Waals surface area contributed by atoms with Crippen LogP contribution < -0.4 is 5.32 Å². The van der Waals surface area contributed by atoms with Crippen molar-refractivity contribution in [1.82, 2.24) is 0 Å². The van der Waals surface area contributed by atoms with E-state index in [2.05, 4.69) is 30.6 Å². The van der Waals surface area contributed by atoms with Crippen LogP contribution in [0.15, 0.2) is 11.4 Å². The standard InChI is InChI=1S/C9H13NS.ClH/c1-9(2)5-3-8-7(10-9)4-6-11-8;/h4,6,10H,3,5H2,1-2H3;1H. The van der Waals surface area contributed by atoms with Crippen LogP contribution in [-0.2, 0) is 6.42 Å². The van der Waals surface area contributed by atoms with Gasteiger partial charge < -0.3 is 5.32 Å². The van der Waals surface area contributed by atoms with Crippen LogP contribution >= 0.6 is 23.7 Å². The molecule has 0 fully saturated rings. The van der Waals surface area contributed by atoms with E-state index in [0.29, 0.717) is 5.54 Å². The van der Waals surface area contributed by atoms with Gasteiger partial charge in [0, 0.05) is 16.1 Å². The minimum absolute atomic E-state index is 0. The zero-order valence-electron chi connectivity index (χ0n) is 7.39. The number of hydrogen-bond acceptors (Lipinski definition) is 2. The van der Waals surface area contributed by atoms with Crippen LogP contribution in [0, 0.1) is 0 Å². The fourth-order valence-electron chi connectivity index (χ4n) is 1.50. The Morgan fingerprint density at radius 3 is 3.00 bits per heavy atom. The molecule has 0 radical (unpaired) electrons. The molecule has 1 N–H and O–H groups in total. The first kappa shape index (κ1) is 9.87. The van der Waals surface area contributed by atoms with Crippen molar-refractivity contribution in [2.24, 2.45) is 0 Å². The van der Waals surface area contributed by atoms with E-state index >= 15 is 0 Å². The van der Waals surface area contributed by atoms with Gasteiger partial charge in [0.15, 0.2) is 0 Å². The highest BCUT2D eigenvalue weighted by atomic mass is 35.5. The number of thiophene rings is 1. The van der Waals surface area contributed by atoms with Crippen molar-refractivity contribution in [3.8, 4) is 0 Å². The van der Waals surface area contributed by atoms with Gasteiger partial charge in [0.1, 0.15) is 0 Å². The maximum atomic E-state index is 3.53. The SMILES string of the molecule is CC1(C)CCc2sccc2N1.Cl. The highest BCUT2D eigenvalue weighted by Gasteiger charge is 2.24. The molecule has 1 aromatic rings. The summed E-state index contributed by atoms with van der Waals surface area (Å²) in [4.78, 5) is 1.52. The zero-order valence-corrected chi connectivity index (χ0v) is 9.02. The lowest BCUT2D eigenvalue weighted by Crippen LogP contribution is -2.34. The third kappa shape index (κ3) is 1.75. The molecule has 0 aromatic carbocycles. The Morgan fingerprint density at radius 2 is 2.25 bits per heavy atom. The van der Waals surface area contributed by atoms with E-state index in [1.807, 2.05) is 11.3 Å². The predicted molar refractivity (Wildman–Crippen MR) is 57.6 cm³/mol. The summed E-state index contributed by atoms with van der Waals surface area (Å²) < 4.78 is 0. The molecule has 3 heteroatoms. The Morgan fingerprint density at radius 1 is 1.50 bits per heavy atom. The zero-order chi connectivity index (χ0) is 7.90. The van der Waals surface area contributed by atoms with Gasteiger partial charge >= 0.3 is 0 Å². The normalized spacial score (nSPS) is 18.8. The molecule has 1 aromatic heterocycles. The first-order valence-electron chi connectivity index (χ1n) is 4.02. The lowest BCUT2D eigenvalue weighted by molar-refractivity contribution is 0.506. The molecule has 0 spiro atoms. The number of rotatable bonds is 0. The molecule has 0 unspecified atom stereocenters. The van der Waals surface area contributed by atoms with Gasteiger partial charge in [-0.2, -0.15) is 0 Å². The van der Waals surface area contributed by atoms with E-state index in [4.69, 9.17) is 0 Å². The third-order valence-electron chi connectivity index (χ3n) is 2.20. The number of aryl methyl sites for hydroxylation is 1. The van der Waals surface area contributed by atoms with E-state index in [0.717, 1.165) is 0 Å². The summed E-state index contributed by atoms with van der Waals surface area (Å²) in [5.41, 5.74) is 1.65. The molecule has 1 nitrogen and oxygen atoms in total. The van der Waals surface area contributed by atoms with Gasteiger partial charge in [-0.3, -0.25) is 0 Å². The smallest absolute Gasteiger partial charge is 0.0485 e. The van der Waals surface area contributed by atoms with Crippen LogP contribution in [0.4, 0.5) is 5.69 Å². The Balaban J connectivity index is 0.000000720. The van der Waals surface area contributed by atoms with Crippen LogP contribution in [0.3, 0.4) is 0 Å². The topological polar surface area (TPSA) is 12.0 Å². The molecule has 0 saturated heterocycles. The first-order chi connectivity index (χ1) is 5.17. The molecule has 1 aliphatic rings. The molecule has 0 amide bonds. The Kier molecular flexibility index (Phi) is 2.69. The van der Waals surface area contributed by atoms with E-state index in [1.165, 1.54) is 23.4 Å². The predicted octanol–water partition coefficient (Wildman–Crippen LogP) is 3.31. The van der Waals surface area contributed by atoms with Crippen LogP contribution in [-0.4, -0.2) is 5.54 Å². The quantitative estimate of drug-likeness (QED) is 0.683. The molecule has 0 atom stereocenters. The van der Waals surface area contributed by atoms with Crippen LogP contribution in [0.2, 0.25) is 0 Å². The van der Waals surface area contributed by atoms with Gasteiger partial charge in [-0.1, -0.05) is 0 Å². The van der Waals surface area contributed by atoms with Crippen molar-refractivity contribution < 1.29 is 0 Å². The maximum absolute atomic E-state index is 3.53. The molecular weight excluding hydrogens is 190 g/mol. The van der Waals surface area contributed by atoms with Crippen LogP contribution in [0.5, 0.6) is 0 Å². The second-order valence-electron chi connectivity index (χ2n) is 3.77. The summed E-state index contributed by atoms with van der Waals surface area (Å²) >= 11 is 1.86. The van der Waals surface area contributed by atoms with Gasteiger partial charge in [0.2, 0.25) is 0 Å². The van der Waals surface area contributed by atoms with E-state index in [1.54, 1.807) is 0 Å². The Hall–Kier alpha value is -0.210. The average molecular weight is 204 g/mol. The van der Waals surface area contributed by atoms with E-state index in [-0.39, 0.29) is 12.4 Å². The monoisotopic (exact) mass is 203 g/mol. The number of fused-ring (bicyclic) bond motifs is 1. The van der Waals surface area contributed by atoms with Crippen molar-refractivity contribution >= 4 is 29.4 Å². The fourth-order valence-corrected chi connectivity index (χ4v) is 2.33. The summed E-state index contributed by atoms with van der Waals surface area (Å²) in [7, 11) is 0. The van der Waals surface area contributed by atoms with Gasteiger partial charge in [0.25, 0.3) is 0 Å². The van der Waals surface area contributed by atoms with Gasteiger partial charge in [-0.05, 0) is 38.1 Å². The molecule has 68 valence electrons. The highest BCUT2D eigenvalue weighted by Crippen LogP contribution is 2.33. The first-order valence-corrected chi connectivity index (χ1v) is 4.90. The fraction of sp³-hybridized carbons (Fsp3) is 0.556. The summed E-state index contributed by atoms with van der Waals surface area (Å²) in [6.07, 6.45) is 2.49. The largest absolute Gasteiger partial charge is 0.379 e. The van der Waals surface area contributed by atoms with Crippen LogP contribution in [0.25, 0.3) is 0 Å². The average Bonchev–Trinajstić information content (AvgIpc) is 2.31. The number of nitrogens with one attached hydrogen (secondary N) is 1. The number of hydrogen-bond donors (Lipinski definition) is 1. The molecule has 0 aliphatic carbocycles. The summed E-state index contributed by atoms with van der Waals surface area (Å²) in [5.74, 6) is 0. The summed E-state index contributed by atoms with van der Waals surface area (Å²) in [6.45, 7) is 4.52. The molecule has 0 saturated carbocycles. The van der Waals surface area contributed by atoms with Gasteiger partial charge in [-0.25, -0.2) is 0 Å². The van der Waals surface area contributed by atoms with Crippen molar-refractivity contribution in [1.29, 1.82) is 0 Å². The Bertz CT molecular complexity index is 267.